The quantitative estimate of drug-likeness (QED) is 0.218. The minimum Gasteiger partial charge on any atom is -0.478 e. The number of carboxylic acid groups (broad SMARTS) is 1. The van der Waals surface area contributed by atoms with Gasteiger partial charge in [-0.1, -0.05) is 60.7 Å². The molecule has 2 aromatic rings. The van der Waals surface area contributed by atoms with Crippen LogP contribution in [0.15, 0.2) is 65.7 Å². The van der Waals surface area contributed by atoms with Gasteiger partial charge in [0, 0.05) is 32.9 Å². The molecule has 0 saturated carbocycles. The van der Waals surface area contributed by atoms with Crippen molar-refractivity contribution in [1.82, 2.24) is 4.90 Å². The predicted molar refractivity (Wildman–Crippen MR) is 119 cm³/mol. The summed E-state index contributed by atoms with van der Waals surface area (Å²) in [6, 6.07) is 19.4. The molecule has 1 amide bonds. The lowest BCUT2D eigenvalue weighted by molar-refractivity contribution is -0.200. The Morgan fingerprint density at radius 3 is 2.00 bits per heavy atom. The number of likely N-dealkylation sites (N-methyl/N-ethyl adjacent to an activating group) is 1. The molecule has 0 saturated heterocycles. The zero-order valence-electron chi connectivity index (χ0n) is 17.9. The number of guanidine groups is 1. The first kappa shape index (κ1) is 23.9. The molecule has 0 bridgehead atoms. The maximum Gasteiger partial charge on any atom is 0.357 e. The standard InChI is InChI=1S/C23H30N4O4/c1-17(28)27(2)23(21(29)30,14-9-15-26-22(24)25)31-16-20(18-10-5-3-6-11-18)19-12-7-4-8-13-19/h3-8,10-13,20H,9,14-16H2,1-2H3,(H,29,30)(H4,24,25,26)/t23-/m1/s1. The van der Waals surface area contributed by atoms with E-state index >= 15 is 0 Å². The Morgan fingerprint density at radius 2 is 1.58 bits per heavy atom. The molecule has 0 fully saturated rings. The number of nitrogens with zero attached hydrogens (tertiary/aromatic N) is 2. The van der Waals surface area contributed by atoms with Crippen LogP contribution in [0.2, 0.25) is 0 Å². The highest BCUT2D eigenvalue weighted by Crippen LogP contribution is 2.30. The largest absolute Gasteiger partial charge is 0.478 e. The Morgan fingerprint density at radius 1 is 1.06 bits per heavy atom. The average Bonchev–Trinajstić information content (AvgIpc) is 2.76. The number of nitrogens with two attached hydrogens (primary N) is 2. The zero-order chi connectivity index (χ0) is 22.9. The van der Waals surface area contributed by atoms with Gasteiger partial charge in [-0.05, 0) is 17.5 Å². The van der Waals surface area contributed by atoms with Crippen LogP contribution in [-0.2, 0) is 14.3 Å². The van der Waals surface area contributed by atoms with Crippen LogP contribution < -0.4 is 11.5 Å². The molecule has 0 aromatic heterocycles. The SMILES string of the molecule is CC(=O)N(C)[C@](CCCN=C(N)N)(OCC(c1ccccc1)c1ccccc1)C(=O)O. The maximum atomic E-state index is 12.4. The van der Waals surface area contributed by atoms with Gasteiger partial charge in [0.2, 0.25) is 11.6 Å². The summed E-state index contributed by atoms with van der Waals surface area (Å²) in [4.78, 5) is 29.5. The fraction of sp³-hybridized carbons (Fsp3) is 0.348. The van der Waals surface area contributed by atoms with E-state index in [1.54, 1.807) is 0 Å². The van der Waals surface area contributed by atoms with Crippen LogP contribution >= 0.6 is 0 Å². The molecule has 1 atom stereocenters. The second kappa shape index (κ2) is 11.1. The van der Waals surface area contributed by atoms with E-state index in [9.17, 15) is 14.7 Å². The summed E-state index contributed by atoms with van der Waals surface area (Å²) in [6.07, 6.45) is 0.356. The lowest BCUT2D eigenvalue weighted by Crippen LogP contribution is -2.57. The second-order valence-electron chi connectivity index (χ2n) is 7.26. The Balaban J connectivity index is 2.35. The maximum absolute atomic E-state index is 12.4. The number of rotatable bonds is 11. The zero-order valence-corrected chi connectivity index (χ0v) is 17.9. The topological polar surface area (TPSA) is 131 Å². The monoisotopic (exact) mass is 426 g/mol. The first-order valence-electron chi connectivity index (χ1n) is 10.0. The molecule has 8 nitrogen and oxygen atoms in total. The third-order valence-electron chi connectivity index (χ3n) is 5.21. The summed E-state index contributed by atoms with van der Waals surface area (Å²) in [7, 11) is 1.43. The van der Waals surface area contributed by atoms with Gasteiger partial charge in [0.25, 0.3) is 0 Å². The number of aliphatic carboxylic acids is 1. The van der Waals surface area contributed by atoms with Gasteiger partial charge < -0.3 is 26.2 Å². The minimum absolute atomic E-state index is 0.0332. The molecular formula is C23H30N4O4. The molecule has 0 aliphatic carbocycles. The molecule has 166 valence electrons. The van der Waals surface area contributed by atoms with Gasteiger partial charge in [0.1, 0.15) is 0 Å². The van der Waals surface area contributed by atoms with Crippen LogP contribution in [-0.4, -0.2) is 53.8 Å². The summed E-state index contributed by atoms with van der Waals surface area (Å²) in [5, 5.41) is 10.1. The van der Waals surface area contributed by atoms with E-state index in [2.05, 4.69) is 4.99 Å². The summed E-state index contributed by atoms with van der Waals surface area (Å²) in [6.45, 7) is 1.61. The molecule has 2 aromatic carbocycles. The van der Waals surface area contributed by atoms with Crippen LogP contribution in [0, 0.1) is 0 Å². The summed E-state index contributed by atoms with van der Waals surface area (Å²) in [5.41, 5.74) is 10.8. The van der Waals surface area contributed by atoms with Gasteiger partial charge >= 0.3 is 5.97 Å². The summed E-state index contributed by atoms with van der Waals surface area (Å²) >= 11 is 0. The molecule has 0 aliphatic rings. The molecule has 0 radical (unpaired) electrons. The number of aliphatic imine (C=N–C) groups is 1. The Kier molecular flexibility index (Phi) is 8.57. The van der Waals surface area contributed by atoms with Crippen molar-refractivity contribution in [2.24, 2.45) is 16.5 Å². The van der Waals surface area contributed by atoms with Gasteiger partial charge in [-0.2, -0.15) is 0 Å². The Labute approximate surface area is 182 Å². The number of hydrogen-bond donors (Lipinski definition) is 3. The van der Waals surface area contributed by atoms with E-state index < -0.39 is 17.6 Å². The third kappa shape index (κ3) is 6.29. The molecule has 0 heterocycles. The lowest BCUT2D eigenvalue weighted by atomic mass is 9.92. The van der Waals surface area contributed by atoms with Crippen molar-refractivity contribution >= 4 is 17.8 Å². The molecular weight excluding hydrogens is 396 g/mol. The van der Waals surface area contributed by atoms with Crippen LogP contribution in [0.25, 0.3) is 0 Å². The van der Waals surface area contributed by atoms with Crippen LogP contribution in [0.4, 0.5) is 0 Å². The number of amides is 1. The van der Waals surface area contributed by atoms with Crippen LogP contribution in [0.1, 0.15) is 36.8 Å². The van der Waals surface area contributed by atoms with Crippen LogP contribution in [0.3, 0.4) is 0 Å². The highest BCUT2D eigenvalue weighted by Gasteiger charge is 2.45. The van der Waals surface area contributed by atoms with Crippen molar-refractivity contribution < 1.29 is 19.4 Å². The highest BCUT2D eigenvalue weighted by atomic mass is 16.5. The molecule has 0 unspecified atom stereocenters. The van der Waals surface area contributed by atoms with E-state index in [4.69, 9.17) is 16.2 Å². The molecule has 31 heavy (non-hydrogen) atoms. The number of carboxylic acids is 1. The van der Waals surface area contributed by atoms with Crippen molar-refractivity contribution in [3.63, 3.8) is 0 Å². The first-order chi connectivity index (χ1) is 14.8. The highest BCUT2D eigenvalue weighted by molar-refractivity contribution is 5.84. The normalized spacial score (nSPS) is 12.7. The van der Waals surface area contributed by atoms with Gasteiger partial charge in [0.15, 0.2) is 5.96 Å². The fourth-order valence-electron chi connectivity index (χ4n) is 3.41. The van der Waals surface area contributed by atoms with Crippen molar-refractivity contribution in [3.05, 3.63) is 71.8 Å². The Bertz CT molecular complexity index is 845. The predicted octanol–water partition coefficient (Wildman–Crippen LogP) is 2.15. The van der Waals surface area contributed by atoms with Gasteiger partial charge in [0.05, 0.1) is 6.61 Å². The molecule has 8 heteroatoms. The van der Waals surface area contributed by atoms with Crippen LogP contribution in [0.5, 0.6) is 0 Å². The second-order valence-corrected chi connectivity index (χ2v) is 7.26. The molecule has 0 aliphatic heterocycles. The Hall–Kier alpha value is -3.39. The van der Waals surface area contributed by atoms with E-state index in [1.807, 2.05) is 60.7 Å². The number of carbonyl (C=O) groups is 2. The van der Waals surface area contributed by atoms with Gasteiger partial charge in [-0.25, -0.2) is 4.79 Å². The van der Waals surface area contributed by atoms with Crippen molar-refractivity contribution in [3.8, 4) is 0 Å². The lowest BCUT2D eigenvalue weighted by Gasteiger charge is -2.38. The van der Waals surface area contributed by atoms with Crippen molar-refractivity contribution in [1.29, 1.82) is 0 Å². The molecule has 0 spiro atoms. The summed E-state index contributed by atoms with van der Waals surface area (Å²) < 4.78 is 6.09. The van der Waals surface area contributed by atoms with E-state index in [1.165, 1.54) is 14.0 Å². The van der Waals surface area contributed by atoms with E-state index in [0.29, 0.717) is 6.42 Å². The molecule has 5 N–H and O–H groups in total. The van der Waals surface area contributed by atoms with Gasteiger partial charge in [-0.15, -0.1) is 0 Å². The fourth-order valence-corrected chi connectivity index (χ4v) is 3.41. The van der Waals surface area contributed by atoms with Gasteiger partial charge in [-0.3, -0.25) is 9.79 Å². The number of ether oxygens (including phenoxy) is 1. The van der Waals surface area contributed by atoms with Crippen molar-refractivity contribution in [2.45, 2.75) is 31.4 Å². The smallest absolute Gasteiger partial charge is 0.357 e. The molecule has 2 rings (SSSR count). The van der Waals surface area contributed by atoms with E-state index in [0.717, 1.165) is 16.0 Å². The minimum atomic E-state index is -1.84. The van der Waals surface area contributed by atoms with Crippen molar-refractivity contribution in [2.75, 3.05) is 20.2 Å². The number of hydrogen-bond acceptors (Lipinski definition) is 4. The average molecular weight is 427 g/mol. The number of benzene rings is 2. The summed E-state index contributed by atoms with van der Waals surface area (Å²) in [5.74, 6) is -1.94. The number of carbonyl (C=O) groups excluding carboxylic acids is 1. The first-order valence-corrected chi connectivity index (χ1v) is 10.0. The third-order valence-corrected chi connectivity index (χ3v) is 5.21. The van der Waals surface area contributed by atoms with E-state index in [-0.39, 0.29) is 31.4 Å².